The lowest BCUT2D eigenvalue weighted by atomic mass is 9.96. The van der Waals surface area contributed by atoms with Gasteiger partial charge in [0, 0.05) is 5.41 Å². The molecule has 0 spiro atoms. The normalized spacial score (nSPS) is 11.2. The van der Waals surface area contributed by atoms with Crippen LogP contribution < -0.4 is 10.1 Å². The molecule has 0 aliphatic carbocycles. The topological polar surface area (TPSA) is 64.1 Å². The zero-order valence-electron chi connectivity index (χ0n) is 14.0. The third-order valence-corrected chi connectivity index (χ3v) is 3.71. The summed E-state index contributed by atoms with van der Waals surface area (Å²) in [6.45, 7) is 7.50. The van der Waals surface area contributed by atoms with Gasteiger partial charge in [-0.15, -0.1) is 0 Å². The molecule has 0 aliphatic heterocycles. The standard InChI is InChI=1S/C17H21N3O2S/c1-11-8-6-7-9-13(11)22-14-12(10-18-16(20-14)23-5)19-15(21)17(2,3)4/h6-10H,1-5H3,(H,19,21). The highest BCUT2D eigenvalue weighted by Crippen LogP contribution is 2.31. The Morgan fingerprint density at radius 3 is 2.57 bits per heavy atom. The fraction of sp³-hybridized carbons (Fsp3) is 0.353. The van der Waals surface area contributed by atoms with E-state index in [4.69, 9.17) is 4.74 Å². The molecule has 122 valence electrons. The Kier molecular flexibility index (Phi) is 5.26. The van der Waals surface area contributed by atoms with Crippen LogP contribution in [0.15, 0.2) is 35.6 Å². The van der Waals surface area contributed by atoms with Crippen LogP contribution in [-0.2, 0) is 4.79 Å². The molecule has 0 saturated heterocycles. The number of nitrogens with one attached hydrogen (secondary N) is 1. The van der Waals surface area contributed by atoms with Gasteiger partial charge in [0.05, 0.1) is 6.20 Å². The number of anilines is 1. The molecule has 0 atom stereocenters. The van der Waals surface area contributed by atoms with Gasteiger partial charge in [0.15, 0.2) is 5.16 Å². The second-order valence-corrected chi connectivity index (χ2v) is 6.92. The number of benzene rings is 1. The van der Waals surface area contributed by atoms with Gasteiger partial charge in [0.1, 0.15) is 11.4 Å². The summed E-state index contributed by atoms with van der Waals surface area (Å²) in [6.07, 6.45) is 3.47. The van der Waals surface area contributed by atoms with Crippen LogP contribution in [0.2, 0.25) is 0 Å². The number of amides is 1. The molecule has 0 fully saturated rings. The van der Waals surface area contributed by atoms with Crippen molar-refractivity contribution in [2.45, 2.75) is 32.9 Å². The van der Waals surface area contributed by atoms with E-state index in [1.807, 2.05) is 58.2 Å². The van der Waals surface area contributed by atoms with E-state index in [0.717, 1.165) is 5.56 Å². The van der Waals surface area contributed by atoms with Crippen LogP contribution in [-0.4, -0.2) is 22.1 Å². The number of carbonyl (C=O) groups excluding carboxylic acids is 1. The number of thioether (sulfide) groups is 1. The number of rotatable bonds is 4. The lowest BCUT2D eigenvalue weighted by Crippen LogP contribution is -2.28. The maximum absolute atomic E-state index is 12.2. The minimum atomic E-state index is -0.516. The van der Waals surface area contributed by atoms with E-state index in [2.05, 4.69) is 15.3 Å². The SMILES string of the molecule is CSc1ncc(NC(=O)C(C)(C)C)c(Oc2ccccc2C)n1. The van der Waals surface area contributed by atoms with Crippen LogP contribution in [0, 0.1) is 12.3 Å². The molecule has 2 rings (SSSR count). The molecule has 0 aliphatic rings. The Morgan fingerprint density at radius 1 is 1.26 bits per heavy atom. The van der Waals surface area contributed by atoms with Crippen molar-refractivity contribution in [3.8, 4) is 11.6 Å². The van der Waals surface area contributed by atoms with Gasteiger partial charge >= 0.3 is 0 Å². The minimum Gasteiger partial charge on any atom is -0.437 e. The van der Waals surface area contributed by atoms with Crippen LogP contribution in [0.4, 0.5) is 5.69 Å². The van der Waals surface area contributed by atoms with E-state index in [9.17, 15) is 4.79 Å². The number of hydrogen-bond acceptors (Lipinski definition) is 5. The quantitative estimate of drug-likeness (QED) is 0.669. The fourth-order valence-corrected chi connectivity index (χ4v) is 2.03. The number of carbonyl (C=O) groups is 1. The molecule has 1 aromatic heterocycles. The molecule has 6 heteroatoms. The molecule has 1 heterocycles. The Morgan fingerprint density at radius 2 is 1.96 bits per heavy atom. The first-order valence-corrected chi connectivity index (χ1v) is 8.49. The Bertz CT molecular complexity index is 711. The Balaban J connectivity index is 2.36. The maximum atomic E-state index is 12.2. The summed E-state index contributed by atoms with van der Waals surface area (Å²) in [5.74, 6) is 0.924. The molecular formula is C17H21N3O2S. The Hall–Kier alpha value is -2.08. The Labute approximate surface area is 140 Å². The summed E-state index contributed by atoms with van der Waals surface area (Å²) >= 11 is 1.42. The van der Waals surface area contributed by atoms with Gasteiger partial charge in [0.25, 0.3) is 0 Å². The predicted octanol–water partition coefficient (Wildman–Crippen LogP) is 4.28. The molecule has 1 N–H and O–H groups in total. The van der Waals surface area contributed by atoms with Crippen molar-refractivity contribution < 1.29 is 9.53 Å². The number of nitrogens with zero attached hydrogens (tertiary/aromatic N) is 2. The highest BCUT2D eigenvalue weighted by atomic mass is 32.2. The van der Waals surface area contributed by atoms with Gasteiger partial charge in [0.2, 0.25) is 11.8 Å². The van der Waals surface area contributed by atoms with Crippen molar-refractivity contribution in [2.75, 3.05) is 11.6 Å². The summed E-state index contributed by atoms with van der Waals surface area (Å²) in [7, 11) is 0. The highest BCUT2D eigenvalue weighted by molar-refractivity contribution is 7.98. The number of aromatic nitrogens is 2. The molecule has 5 nitrogen and oxygen atoms in total. The molecule has 23 heavy (non-hydrogen) atoms. The van der Waals surface area contributed by atoms with Gasteiger partial charge in [-0.2, -0.15) is 4.98 Å². The van der Waals surface area contributed by atoms with Gasteiger partial charge in [-0.1, -0.05) is 50.7 Å². The molecule has 0 unspecified atom stereocenters. The summed E-state index contributed by atoms with van der Waals surface area (Å²) in [6, 6.07) is 7.66. The summed E-state index contributed by atoms with van der Waals surface area (Å²) < 4.78 is 5.92. The fourth-order valence-electron chi connectivity index (χ4n) is 1.70. The second kappa shape index (κ2) is 7.00. The number of hydrogen-bond donors (Lipinski definition) is 1. The van der Waals surface area contributed by atoms with Crippen molar-refractivity contribution in [3.05, 3.63) is 36.0 Å². The highest BCUT2D eigenvalue weighted by Gasteiger charge is 2.23. The maximum Gasteiger partial charge on any atom is 0.247 e. The molecule has 0 bridgehead atoms. The third-order valence-electron chi connectivity index (χ3n) is 3.14. The van der Waals surface area contributed by atoms with E-state index in [-0.39, 0.29) is 5.91 Å². The van der Waals surface area contributed by atoms with Crippen LogP contribution in [0.5, 0.6) is 11.6 Å². The first kappa shape index (κ1) is 17.3. The van der Waals surface area contributed by atoms with E-state index in [1.54, 1.807) is 6.20 Å². The number of ether oxygens (including phenoxy) is 1. The number of para-hydroxylation sites is 1. The van der Waals surface area contributed by atoms with E-state index in [1.165, 1.54) is 11.8 Å². The largest absolute Gasteiger partial charge is 0.437 e. The van der Waals surface area contributed by atoms with Gasteiger partial charge in [-0.3, -0.25) is 4.79 Å². The smallest absolute Gasteiger partial charge is 0.247 e. The molecule has 0 saturated carbocycles. The first-order chi connectivity index (χ1) is 10.8. The van der Waals surface area contributed by atoms with Gasteiger partial charge < -0.3 is 10.1 Å². The van der Waals surface area contributed by atoms with Gasteiger partial charge in [-0.25, -0.2) is 4.98 Å². The average molecular weight is 331 g/mol. The summed E-state index contributed by atoms with van der Waals surface area (Å²) in [4.78, 5) is 20.8. The van der Waals surface area contributed by atoms with Crippen molar-refractivity contribution in [1.82, 2.24) is 9.97 Å². The van der Waals surface area contributed by atoms with E-state index in [0.29, 0.717) is 22.5 Å². The van der Waals surface area contributed by atoms with Crippen molar-refractivity contribution in [3.63, 3.8) is 0 Å². The zero-order chi connectivity index (χ0) is 17.0. The molecule has 2 aromatic rings. The summed E-state index contributed by atoms with van der Waals surface area (Å²) in [5.41, 5.74) is 0.939. The van der Waals surface area contributed by atoms with Crippen LogP contribution in [0.3, 0.4) is 0 Å². The number of aryl methyl sites for hydroxylation is 1. The first-order valence-electron chi connectivity index (χ1n) is 7.27. The summed E-state index contributed by atoms with van der Waals surface area (Å²) in [5, 5.41) is 3.43. The molecular weight excluding hydrogens is 310 g/mol. The predicted molar refractivity (Wildman–Crippen MR) is 93.2 cm³/mol. The third kappa shape index (κ3) is 4.45. The molecule has 1 aromatic carbocycles. The lowest BCUT2D eigenvalue weighted by Gasteiger charge is -2.19. The van der Waals surface area contributed by atoms with Crippen molar-refractivity contribution in [2.24, 2.45) is 5.41 Å². The molecule has 0 radical (unpaired) electrons. The van der Waals surface area contributed by atoms with E-state index >= 15 is 0 Å². The average Bonchev–Trinajstić information content (AvgIpc) is 2.50. The minimum absolute atomic E-state index is 0.118. The molecule has 1 amide bonds. The van der Waals surface area contributed by atoms with E-state index < -0.39 is 5.41 Å². The van der Waals surface area contributed by atoms with Gasteiger partial charge in [-0.05, 0) is 24.8 Å². The van der Waals surface area contributed by atoms with Crippen LogP contribution in [0.1, 0.15) is 26.3 Å². The van der Waals surface area contributed by atoms with Crippen molar-refractivity contribution in [1.29, 1.82) is 0 Å². The zero-order valence-corrected chi connectivity index (χ0v) is 14.8. The lowest BCUT2D eigenvalue weighted by molar-refractivity contribution is -0.123. The van der Waals surface area contributed by atoms with Crippen LogP contribution in [0.25, 0.3) is 0 Å². The van der Waals surface area contributed by atoms with Crippen molar-refractivity contribution >= 4 is 23.4 Å². The van der Waals surface area contributed by atoms with Crippen LogP contribution >= 0.6 is 11.8 Å². The second-order valence-electron chi connectivity index (χ2n) is 6.15. The monoisotopic (exact) mass is 331 g/mol.